The van der Waals surface area contributed by atoms with Crippen LogP contribution in [0, 0.1) is 11.8 Å². The molecule has 1 N–H and O–H groups in total. The third-order valence-corrected chi connectivity index (χ3v) is 8.88. The van der Waals surface area contributed by atoms with Crippen LogP contribution >= 0.6 is 11.3 Å². The molecule has 1 saturated heterocycles. The highest BCUT2D eigenvalue weighted by atomic mass is 32.2. The van der Waals surface area contributed by atoms with Gasteiger partial charge in [0.2, 0.25) is 5.91 Å². The lowest BCUT2D eigenvalue weighted by Crippen LogP contribution is -2.52. The Labute approximate surface area is 148 Å². The van der Waals surface area contributed by atoms with Crippen molar-refractivity contribution >= 4 is 27.3 Å². The summed E-state index contributed by atoms with van der Waals surface area (Å²) in [5.41, 5.74) is 0. The van der Waals surface area contributed by atoms with Crippen molar-refractivity contribution in [1.82, 2.24) is 9.62 Å². The van der Waals surface area contributed by atoms with Crippen LogP contribution in [-0.2, 0) is 21.4 Å². The van der Waals surface area contributed by atoms with Crippen molar-refractivity contribution < 1.29 is 13.2 Å². The normalized spacial score (nSPS) is 28.3. The van der Waals surface area contributed by atoms with Gasteiger partial charge in [0.1, 0.15) is 4.21 Å². The number of nitrogens with zero attached hydrogens (tertiary/aromatic N) is 1. The lowest BCUT2D eigenvalue weighted by atomic mass is 9.74. The highest BCUT2D eigenvalue weighted by molar-refractivity contribution is 7.91. The van der Waals surface area contributed by atoms with Gasteiger partial charge in [-0.25, -0.2) is 8.42 Å². The van der Waals surface area contributed by atoms with Crippen molar-refractivity contribution in [3.05, 3.63) is 17.0 Å². The number of piperidine rings is 1. The first kappa shape index (κ1) is 17.9. The molecule has 2 aliphatic rings. The van der Waals surface area contributed by atoms with Gasteiger partial charge in [0.05, 0.1) is 6.54 Å². The molecule has 1 aromatic rings. The molecule has 0 spiro atoms. The van der Waals surface area contributed by atoms with E-state index in [4.69, 9.17) is 0 Å². The van der Waals surface area contributed by atoms with Crippen LogP contribution in [0.1, 0.15) is 50.8 Å². The molecule has 1 saturated carbocycles. The van der Waals surface area contributed by atoms with Crippen LogP contribution in [0.2, 0.25) is 0 Å². The Balaban J connectivity index is 1.80. The Morgan fingerprint density at radius 1 is 1.29 bits per heavy atom. The zero-order chi connectivity index (χ0) is 17.3. The van der Waals surface area contributed by atoms with Crippen LogP contribution in [0.5, 0.6) is 0 Å². The Hall–Kier alpha value is -0.920. The van der Waals surface area contributed by atoms with Gasteiger partial charge in [-0.2, -0.15) is 4.31 Å². The summed E-state index contributed by atoms with van der Waals surface area (Å²) in [5.74, 6) is 1.00. The zero-order valence-electron chi connectivity index (χ0n) is 14.3. The fourth-order valence-electron chi connectivity index (χ4n) is 4.09. The van der Waals surface area contributed by atoms with E-state index in [1.165, 1.54) is 24.7 Å². The highest BCUT2D eigenvalue weighted by Gasteiger charge is 2.43. The van der Waals surface area contributed by atoms with Gasteiger partial charge in [0.15, 0.2) is 0 Å². The molecule has 7 heteroatoms. The van der Waals surface area contributed by atoms with Gasteiger partial charge in [0.25, 0.3) is 10.0 Å². The van der Waals surface area contributed by atoms with Crippen molar-refractivity contribution in [3.63, 3.8) is 0 Å². The number of carbonyl (C=O) groups is 1. The zero-order valence-corrected chi connectivity index (χ0v) is 16.0. The molecule has 3 atom stereocenters. The summed E-state index contributed by atoms with van der Waals surface area (Å²) >= 11 is 1.27. The smallest absolute Gasteiger partial charge is 0.252 e. The molecule has 0 radical (unpaired) electrons. The second-order valence-corrected chi connectivity index (χ2v) is 10.3. The predicted molar refractivity (Wildman–Crippen MR) is 95.3 cm³/mol. The topological polar surface area (TPSA) is 66.5 Å². The van der Waals surface area contributed by atoms with Gasteiger partial charge in [-0.3, -0.25) is 4.79 Å². The largest absolute Gasteiger partial charge is 0.351 e. The third-order valence-electron chi connectivity index (χ3n) is 5.40. The summed E-state index contributed by atoms with van der Waals surface area (Å²) in [6.07, 6.45) is 5.43. The Kier molecular flexibility index (Phi) is 5.32. The van der Waals surface area contributed by atoms with E-state index in [0.717, 1.165) is 30.6 Å². The second-order valence-electron chi connectivity index (χ2n) is 7.03. The molecule has 2 heterocycles. The Morgan fingerprint density at radius 2 is 2.04 bits per heavy atom. The van der Waals surface area contributed by atoms with Crippen molar-refractivity contribution in [3.8, 4) is 0 Å². The summed E-state index contributed by atoms with van der Waals surface area (Å²) < 4.78 is 28.5. The number of hydrogen-bond acceptors (Lipinski definition) is 4. The molecule has 24 heavy (non-hydrogen) atoms. The molecule has 1 aliphatic heterocycles. The van der Waals surface area contributed by atoms with E-state index in [2.05, 4.69) is 12.2 Å². The van der Waals surface area contributed by atoms with Crippen LogP contribution in [0.15, 0.2) is 16.3 Å². The minimum atomic E-state index is -3.43. The van der Waals surface area contributed by atoms with Crippen LogP contribution < -0.4 is 5.32 Å². The van der Waals surface area contributed by atoms with Gasteiger partial charge in [-0.1, -0.05) is 19.8 Å². The van der Waals surface area contributed by atoms with Gasteiger partial charge >= 0.3 is 0 Å². The number of hydrogen-bond donors (Lipinski definition) is 1. The van der Waals surface area contributed by atoms with Crippen molar-refractivity contribution in [2.24, 2.45) is 11.8 Å². The predicted octanol–water partition coefficient (Wildman–Crippen LogP) is 2.97. The van der Waals surface area contributed by atoms with Crippen molar-refractivity contribution in [2.75, 3.05) is 6.54 Å². The maximum Gasteiger partial charge on any atom is 0.252 e. The lowest BCUT2D eigenvalue weighted by Gasteiger charge is -2.46. The van der Waals surface area contributed by atoms with Crippen LogP contribution in [0.25, 0.3) is 0 Å². The molecule has 134 valence electrons. The third kappa shape index (κ3) is 3.53. The van der Waals surface area contributed by atoms with Crippen molar-refractivity contribution in [2.45, 2.75) is 62.7 Å². The SMILES string of the molecule is CC(=O)NCc1ccc(S(=O)(=O)N2CCC(C)C3CCCCC32)s1. The fourth-order valence-corrected chi connectivity index (χ4v) is 7.23. The second kappa shape index (κ2) is 7.14. The van der Waals surface area contributed by atoms with Crippen LogP contribution in [0.3, 0.4) is 0 Å². The number of amides is 1. The summed E-state index contributed by atoms with van der Waals surface area (Å²) in [4.78, 5) is 11.9. The van der Waals surface area contributed by atoms with Gasteiger partial charge in [-0.15, -0.1) is 11.3 Å². The summed E-state index contributed by atoms with van der Waals surface area (Å²) in [6.45, 7) is 4.75. The molecular formula is C17H26N2O3S2. The van der Waals surface area contributed by atoms with E-state index >= 15 is 0 Å². The highest BCUT2D eigenvalue weighted by Crippen LogP contribution is 2.41. The maximum absolute atomic E-state index is 13.1. The first-order valence-electron chi connectivity index (χ1n) is 8.74. The monoisotopic (exact) mass is 370 g/mol. The van der Waals surface area contributed by atoms with E-state index in [9.17, 15) is 13.2 Å². The van der Waals surface area contributed by atoms with Gasteiger partial charge < -0.3 is 5.32 Å². The Morgan fingerprint density at radius 3 is 2.79 bits per heavy atom. The number of carbonyl (C=O) groups excluding carboxylic acids is 1. The Bertz CT molecular complexity index is 698. The van der Waals surface area contributed by atoms with E-state index in [-0.39, 0.29) is 11.9 Å². The molecule has 1 aromatic heterocycles. The molecule has 3 rings (SSSR count). The lowest BCUT2D eigenvalue weighted by molar-refractivity contribution is -0.119. The van der Waals surface area contributed by atoms with E-state index in [0.29, 0.717) is 29.1 Å². The van der Waals surface area contributed by atoms with Crippen molar-refractivity contribution in [1.29, 1.82) is 0 Å². The number of rotatable bonds is 4. The van der Waals surface area contributed by atoms with Crippen LogP contribution in [0.4, 0.5) is 0 Å². The molecular weight excluding hydrogens is 344 g/mol. The first-order valence-corrected chi connectivity index (χ1v) is 11.0. The minimum Gasteiger partial charge on any atom is -0.351 e. The van der Waals surface area contributed by atoms with E-state index < -0.39 is 10.0 Å². The number of sulfonamides is 1. The first-order chi connectivity index (χ1) is 11.4. The number of fused-ring (bicyclic) bond motifs is 1. The van der Waals surface area contributed by atoms with Gasteiger partial charge in [-0.05, 0) is 43.2 Å². The summed E-state index contributed by atoms with van der Waals surface area (Å²) in [5, 5.41) is 2.72. The van der Waals surface area contributed by atoms with Crippen LogP contribution in [-0.4, -0.2) is 31.2 Å². The standard InChI is InChI=1S/C17H26N2O3S2/c1-12-9-10-19(16-6-4-3-5-15(12)16)24(21,22)17-8-7-14(23-17)11-18-13(2)20/h7-8,12,15-16H,3-6,9-11H2,1-2H3,(H,18,20). The average Bonchev–Trinajstić information content (AvgIpc) is 3.03. The van der Waals surface area contributed by atoms with E-state index in [1.807, 2.05) is 0 Å². The molecule has 1 aliphatic carbocycles. The van der Waals surface area contributed by atoms with Gasteiger partial charge in [0, 0.05) is 24.4 Å². The molecule has 5 nitrogen and oxygen atoms in total. The number of nitrogens with one attached hydrogen (secondary N) is 1. The molecule has 0 bridgehead atoms. The maximum atomic E-state index is 13.1. The summed E-state index contributed by atoms with van der Waals surface area (Å²) in [7, 11) is -3.43. The molecule has 3 unspecified atom stereocenters. The van der Waals surface area contributed by atoms with E-state index in [1.54, 1.807) is 16.4 Å². The molecule has 1 amide bonds. The molecule has 2 fully saturated rings. The minimum absolute atomic E-state index is 0.108. The summed E-state index contributed by atoms with van der Waals surface area (Å²) in [6, 6.07) is 3.65. The average molecular weight is 371 g/mol. The quantitative estimate of drug-likeness (QED) is 0.886. The fraction of sp³-hybridized carbons (Fsp3) is 0.706. The molecule has 0 aromatic carbocycles. The number of thiophene rings is 1.